The number of halogens is 1. The standard InChI is InChI=1S/C9H9FN2O2/c10-7-3-6(14-2-1-13)4-8-9(7)12-5-11-8/h3-5,13H,1-2H2,(H,11,12). The second kappa shape index (κ2) is 3.63. The monoisotopic (exact) mass is 196 g/mol. The molecule has 5 heteroatoms. The van der Waals surface area contributed by atoms with Crippen molar-refractivity contribution in [3.8, 4) is 5.75 Å². The number of ether oxygens (including phenoxy) is 1. The average Bonchev–Trinajstić information content (AvgIpc) is 2.63. The summed E-state index contributed by atoms with van der Waals surface area (Å²) < 4.78 is 18.4. The Hall–Kier alpha value is -1.62. The zero-order chi connectivity index (χ0) is 9.97. The molecule has 0 saturated carbocycles. The van der Waals surface area contributed by atoms with Crippen LogP contribution >= 0.6 is 0 Å². The number of aromatic nitrogens is 2. The maximum atomic E-state index is 13.3. The fourth-order valence-electron chi connectivity index (χ4n) is 1.23. The third kappa shape index (κ3) is 1.54. The summed E-state index contributed by atoms with van der Waals surface area (Å²) in [5.41, 5.74) is 0.874. The van der Waals surface area contributed by atoms with E-state index in [9.17, 15) is 4.39 Å². The van der Waals surface area contributed by atoms with Gasteiger partial charge in [-0.2, -0.15) is 0 Å². The first kappa shape index (κ1) is 8.96. The first-order valence-corrected chi connectivity index (χ1v) is 4.17. The molecule has 1 heterocycles. The summed E-state index contributed by atoms with van der Waals surface area (Å²) in [4.78, 5) is 6.59. The molecule has 2 N–H and O–H groups in total. The number of aliphatic hydroxyl groups is 1. The van der Waals surface area contributed by atoms with Gasteiger partial charge in [-0.25, -0.2) is 9.37 Å². The molecule has 0 bridgehead atoms. The molecular formula is C9H9FN2O2. The molecule has 0 spiro atoms. The number of rotatable bonds is 3. The van der Waals surface area contributed by atoms with Gasteiger partial charge in [0.05, 0.1) is 18.5 Å². The maximum Gasteiger partial charge on any atom is 0.154 e. The highest BCUT2D eigenvalue weighted by molar-refractivity contribution is 5.76. The SMILES string of the molecule is OCCOc1cc(F)c2nc[nH]c2c1. The van der Waals surface area contributed by atoms with Crippen molar-refractivity contribution in [2.45, 2.75) is 0 Å². The normalized spacial score (nSPS) is 10.7. The Morgan fingerprint density at radius 3 is 3.14 bits per heavy atom. The van der Waals surface area contributed by atoms with Gasteiger partial charge in [0.15, 0.2) is 5.82 Å². The van der Waals surface area contributed by atoms with E-state index in [1.165, 1.54) is 12.4 Å². The van der Waals surface area contributed by atoms with Crippen LogP contribution in [0.15, 0.2) is 18.5 Å². The molecule has 0 radical (unpaired) electrons. The number of benzene rings is 1. The van der Waals surface area contributed by atoms with E-state index in [2.05, 4.69) is 9.97 Å². The average molecular weight is 196 g/mol. The number of H-pyrrole nitrogens is 1. The number of hydrogen-bond acceptors (Lipinski definition) is 3. The van der Waals surface area contributed by atoms with Gasteiger partial charge in [-0.05, 0) is 0 Å². The van der Waals surface area contributed by atoms with Crippen molar-refractivity contribution in [1.82, 2.24) is 9.97 Å². The van der Waals surface area contributed by atoms with Gasteiger partial charge in [0, 0.05) is 12.1 Å². The van der Waals surface area contributed by atoms with Gasteiger partial charge >= 0.3 is 0 Å². The minimum Gasteiger partial charge on any atom is -0.491 e. The van der Waals surface area contributed by atoms with Crippen molar-refractivity contribution >= 4 is 11.0 Å². The van der Waals surface area contributed by atoms with Crippen LogP contribution in [-0.4, -0.2) is 28.3 Å². The van der Waals surface area contributed by atoms with Gasteiger partial charge in [0.2, 0.25) is 0 Å². The van der Waals surface area contributed by atoms with Crippen LogP contribution in [0.5, 0.6) is 5.75 Å². The number of hydrogen-bond donors (Lipinski definition) is 2. The van der Waals surface area contributed by atoms with Crippen LogP contribution in [0.25, 0.3) is 11.0 Å². The summed E-state index contributed by atoms with van der Waals surface area (Å²) in [5, 5.41) is 8.53. The smallest absolute Gasteiger partial charge is 0.154 e. The fraction of sp³-hybridized carbons (Fsp3) is 0.222. The molecule has 0 aliphatic rings. The van der Waals surface area contributed by atoms with Crippen LogP contribution < -0.4 is 4.74 Å². The van der Waals surface area contributed by atoms with E-state index in [1.807, 2.05) is 0 Å². The maximum absolute atomic E-state index is 13.3. The highest BCUT2D eigenvalue weighted by Gasteiger charge is 2.06. The van der Waals surface area contributed by atoms with E-state index in [1.54, 1.807) is 6.07 Å². The zero-order valence-electron chi connectivity index (χ0n) is 7.33. The van der Waals surface area contributed by atoms with Gasteiger partial charge in [-0.15, -0.1) is 0 Å². The minimum atomic E-state index is -0.434. The van der Waals surface area contributed by atoms with Crippen molar-refractivity contribution in [3.05, 3.63) is 24.3 Å². The summed E-state index contributed by atoms with van der Waals surface area (Å²) in [6.45, 7) is 0.0573. The van der Waals surface area contributed by atoms with Crippen LogP contribution in [0.2, 0.25) is 0 Å². The highest BCUT2D eigenvalue weighted by Crippen LogP contribution is 2.21. The Morgan fingerprint density at radius 2 is 2.36 bits per heavy atom. The number of nitrogens with zero attached hydrogens (tertiary/aromatic N) is 1. The molecule has 1 aromatic carbocycles. The van der Waals surface area contributed by atoms with E-state index < -0.39 is 5.82 Å². The Balaban J connectivity index is 2.38. The lowest BCUT2D eigenvalue weighted by Crippen LogP contribution is -2.01. The van der Waals surface area contributed by atoms with E-state index in [0.717, 1.165) is 0 Å². The molecular weight excluding hydrogens is 187 g/mol. The summed E-state index contributed by atoms with van der Waals surface area (Å²) in [7, 11) is 0. The van der Waals surface area contributed by atoms with Gasteiger partial charge in [0.1, 0.15) is 17.9 Å². The summed E-state index contributed by atoms with van der Waals surface area (Å²) in [6, 6.07) is 2.89. The van der Waals surface area contributed by atoms with Crippen LogP contribution in [0.4, 0.5) is 4.39 Å². The molecule has 0 atom stereocenters. The van der Waals surface area contributed by atoms with Crippen LogP contribution in [0, 0.1) is 5.82 Å². The predicted molar refractivity (Wildman–Crippen MR) is 48.6 cm³/mol. The molecule has 0 amide bonds. The number of fused-ring (bicyclic) bond motifs is 1. The Morgan fingerprint density at radius 1 is 1.50 bits per heavy atom. The Bertz CT molecular complexity index is 441. The molecule has 0 unspecified atom stereocenters. The van der Waals surface area contributed by atoms with Crippen LogP contribution in [0.3, 0.4) is 0 Å². The molecule has 0 saturated heterocycles. The van der Waals surface area contributed by atoms with Crippen molar-refractivity contribution in [2.24, 2.45) is 0 Å². The predicted octanol–water partition coefficient (Wildman–Crippen LogP) is 1.07. The summed E-state index contributed by atoms with van der Waals surface area (Å²) in [5.74, 6) is -0.0509. The first-order valence-electron chi connectivity index (χ1n) is 4.17. The lowest BCUT2D eigenvalue weighted by molar-refractivity contribution is 0.201. The molecule has 2 aromatic rings. The second-order valence-corrected chi connectivity index (χ2v) is 2.78. The molecule has 4 nitrogen and oxygen atoms in total. The van der Waals surface area contributed by atoms with E-state index in [4.69, 9.17) is 9.84 Å². The summed E-state index contributed by atoms with van der Waals surface area (Å²) in [6.07, 6.45) is 1.42. The number of aliphatic hydroxyl groups excluding tert-OH is 1. The highest BCUT2D eigenvalue weighted by atomic mass is 19.1. The molecule has 74 valence electrons. The first-order chi connectivity index (χ1) is 6.81. The zero-order valence-corrected chi connectivity index (χ0v) is 7.33. The van der Waals surface area contributed by atoms with Crippen molar-refractivity contribution in [1.29, 1.82) is 0 Å². The third-order valence-corrected chi connectivity index (χ3v) is 1.81. The summed E-state index contributed by atoms with van der Waals surface area (Å²) >= 11 is 0. The van der Waals surface area contributed by atoms with E-state index in [0.29, 0.717) is 16.8 Å². The largest absolute Gasteiger partial charge is 0.491 e. The third-order valence-electron chi connectivity index (χ3n) is 1.81. The topological polar surface area (TPSA) is 58.1 Å². The quantitative estimate of drug-likeness (QED) is 0.772. The lowest BCUT2D eigenvalue weighted by atomic mass is 10.3. The molecule has 0 fully saturated rings. The minimum absolute atomic E-state index is 0.0946. The van der Waals surface area contributed by atoms with Gasteiger partial charge in [0.25, 0.3) is 0 Å². The van der Waals surface area contributed by atoms with Gasteiger partial charge in [-0.3, -0.25) is 0 Å². The molecule has 0 aliphatic carbocycles. The number of imidazole rings is 1. The molecule has 0 aliphatic heterocycles. The number of aromatic amines is 1. The van der Waals surface area contributed by atoms with Crippen molar-refractivity contribution in [2.75, 3.05) is 13.2 Å². The molecule has 14 heavy (non-hydrogen) atoms. The number of nitrogens with one attached hydrogen (secondary N) is 1. The van der Waals surface area contributed by atoms with E-state index >= 15 is 0 Å². The van der Waals surface area contributed by atoms with Gasteiger partial charge in [-0.1, -0.05) is 0 Å². The second-order valence-electron chi connectivity index (χ2n) is 2.78. The van der Waals surface area contributed by atoms with E-state index in [-0.39, 0.29) is 13.2 Å². The Labute approximate surface area is 79.3 Å². The Kier molecular flexibility index (Phi) is 2.32. The molecule has 1 aromatic heterocycles. The fourth-order valence-corrected chi connectivity index (χ4v) is 1.23. The lowest BCUT2D eigenvalue weighted by Gasteiger charge is -2.03. The van der Waals surface area contributed by atoms with Gasteiger partial charge < -0.3 is 14.8 Å². The van der Waals surface area contributed by atoms with Crippen molar-refractivity contribution in [3.63, 3.8) is 0 Å². The van der Waals surface area contributed by atoms with Crippen molar-refractivity contribution < 1.29 is 14.2 Å². The van der Waals surface area contributed by atoms with Crippen LogP contribution in [0.1, 0.15) is 0 Å². The van der Waals surface area contributed by atoms with Crippen LogP contribution in [-0.2, 0) is 0 Å². The molecule has 2 rings (SSSR count).